The van der Waals surface area contributed by atoms with E-state index in [2.05, 4.69) is 20.5 Å². The quantitative estimate of drug-likeness (QED) is 0.371. The molecule has 0 aliphatic carbocycles. The molecule has 0 saturated heterocycles. The van der Waals surface area contributed by atoms with Gasteiger partial charge >= 0.3 is 0 Å². The Morgan fingerprint density at radius 3 is 1.86 bits per heavy atom. The Morgan fingerprint density at radius 2 is 1.18 bits per heavy atom. The average Bonchev–Trinajstić information content (AvgIpc) is 2.75. The average molecular weight is 366 g/mol. The molecule has 0 aliphatic rings. The number of fused-ring (bicyclic) bond motifs is 1. The number of hydrogen-bond acceptors (Lipinski definition) is 5. The van der Waals surface area contributed by atoms with E-state index in [-0.39, 0.29) is 5.75 Å². The van der Waals surface area contributed by atoms with Gasteiger partial charge < -0.3 is 5.11 Å². The number of nitrogens with zero attached hydrogens (tertiary/aromatic N) is 4. The predicted octanol–water partition coefficient (Wildman–Crippen LogP) is 7.24. The Hall–Kier alpha value is -3.86. The number of azo groups is 2. The maximum absolute atomic E-state index is 9.37. The van der Waals surface area contributed by atoms with Crippen molar-refractivity contribution in [3.63, 3.8) is 0 Å². The summed E-state index contributed by atoms with van der Waals surface area (Å²) in [6.07, 6.45) is 0. The largest absolute Gasteiger partial charge is 0.508 e. The molecule has 0 heterocycles. The molecule has 0 aliphatic heterocycles. The van der Waals surface area contributed by atoms with Crippen molar-refractivity contribution in [3.05, 3.63) is 96.6 Å². The van der Waals surface area contributed by atoms with Crippen molar-refractivity contribution in [3.8, 4) is 5.75 Å². The second-order valence-corrected chi connectivity index (χ2v) is 6.25. The molecule has 4 aromatic rings. The Labute approximate surface area is 162 Å². The summed E-state index contributed by atoms with van der Waals surface area (Å²) in [4.78, 5) is 0. The van der Waals surface area contributed by atoms with Crippen LogP contribution in [0.4, 0.5) is 17.1 Å². The van der Waals surface area contributed by atoms with Gasteiger partial charge in [-0.15, -0.1) is 5.11 Å². The van der Waals surface area contributed by atoms with Gasteiger partial charge in [0.1, 0.15) is 5.75 Å². The van der Waals surface area contributed by atoms with E-state index in [1.165, 1.54) is 0 Å². The fraction of sp³-hybridized carbons (Fsp3) is 0.0435. The minimum atomic E-state index is 0.203. The van der Waals surface area contributed by atoms with Crippen molar-refractivity contribution in [2.45, 2.75) is 6.54 Å². The molecule has 0 aromatic heterocycles. The highest BCUT2D eigenvalue weighted by Crippen LogP contribution is 2.34. The van der Waals surface area contributed by atoms with Crippen LogP contribution in [-0.4, -0.2) is 5.11 Å². The molecule has 1 N–H and O–H groups in total. The highest BCUT2D eigenvalue weighted by atomic mass is 16.3. The highest BCUT2D eigenvalue weighted by Gasteiger charge is 2.05. The van der Waals surface area contributed by atoms with E-state index in [9.17, 15) is 5.11 Å². The minimum absolute atomic E-state index is 0.203. The van der Waals surface area contributed by atoms with Crippen LogP contribution in [-0.2, 0) is 6.54 Å². The van der Waals surface area contributed by atoms with E-state index in [0.717, 1.165) is 27.7 Å². The minimum Gasteiger partial charge on any atom is -0.508 e. The number of rotatable bonds is 5. The van der Waals surface area contributed by atoms with Crippen LogP contribution in [0.15, 0.2) is 111 Å². The summed E-state index contributed by atoms with van der Waals surface area (Å²) >= 11 is 0. The van der Waals surface area contributed by atoms with Crippen molar-refractivity contribution < 1.29 is 5.11 Å². The van der Waals surface area contributed by atoms with Crippen LogP contribution >= 0.6 is 0 Å². The molecule has 0 bridgehead atoms. The first kappa shape index (κ1) is 17.5. The first-order chi connectivity index (χ1) is 13.8. The van der Waals surface area contributed by atoms with Crippen molar-refractivity contribution in [1.82, 2.24) is 0 Å². The van der Waals surface area contributed by atoms with Gasteiger partial charge in [0.15, 0.2) is 0 Å². The number of benzene rings is 4. The molecule has 0 saturated carbocycles. The monoisotopic (exact) mass is 366 g/mol. The standard InChI is InChI=1S/C23H18N4O/c28-19-12-10-18(11-13-19)25-27-23-15-14-22(20-8-4-5-9-21(20)23)26-24-16-17-6-2-1-3-7-17/h1-15,28H,16H2. The van der Waals surface area contributed by atoms with Crippen LogP contribution in [0.3, 0.4) is 0 Å². The summed E-state index contributed by atoms with van der Waals surface area (Å²) in [5.74, 6) is 0.203. The van der Waals surface area contributed by atoms with Crippen LogP contribution in [0, 0.1) is 0 Å². The first-order valence-electron chi connectivity index (χ1n) is 8.93. The summed E-state index contributed by atoms with van der Waals surface area (Å²) in [5, 5.41) is 28.7. The molecule has 0 spiro atoms. The molecule has 0 fully saturated rings. The van der Waals surface area contributed by atoms with E-state index in [0.29, 0.717) is 12.2 Å². The topological polar surface area (TPSA) is 69.7 Å². The van der Waals surface area contributed by atoms with E-state index < -0.39 is 0 Å². The fourth-order valence-corrected chi connectivity index (χ4v) is 2.85. The third kappa shape index (κ3) is 4.10. The second-order valence-electron chi connectivity index (χ2n) is 6.25. The third-order valence-corrected chi connectivity index (χ3v) is 4.28. The van der Waals surface area contributed by atoms with Crippen LogP contribution in [0.1, 0.15) is 5.56 Å². The van der Waals surface area contributed by atoms with E-state index in [1.54, 1.807) is 24.3 Å². The van der Waals surface area contributed by atoms with Crippen molar-refractivity contribution >= 4 is 27.8 Å². The lowest BCUT2D eigenvalue weighted by Crippen LogP contribution is -1.79. The summed E-state index contributed by atoms with van der Waals surface area (Å²) in [7, 11) is 0. The summed E-state index contributed by atoms with van der Waals surface area (Å²) in [6.45, 7) is 0.539. The molecule has 4 aromatic carbocycles. The molecule has 28 heavy (non-hydrogen) atoms. The zero-order valence-corrected chi connectivity index (χ0v) is 15.1. The van der Waals surface area contributed by atoms with Crippen LogP contribution in [0.2, 0.25) is 0 Å². The van der Waals surface area contributed by atoms with Gasteiger partial charge in [-0.05, 0) is 42.0 Å². The van der Waals surface area contributed by atoms with Gasteiger partial charge in [0.25, 0.3) is 0 Å². The molecule has 4 rings (SSSR count). The second kappa shape index (κ2) is 8.22. The summed E-state index contributed by atoms with van der Waals surface area (Å²) < 4.78 is 0. The van der Waals surface area contributed by atoms with Crippen molar-refractivity contribution in [2.24, 2.45) is 20.5 Å². The van der Waals surface area contributed by atoms with Gasteiger partial charge in [-0.3, -0.25) is 0 Å². The Morgan fingerprint density at radius 1 is 0.571 bits per heavy atom. The molecule has 0 amide bonds. The number of hydrogen-bond donors (Lipinski definition) is 1. The van der Waals surface area contributed by atoms with Crippen LogP contribution < -0.4 is 0 Å². The molecular weight excluding hydrogens is 348 g/mol. The zero-order chi connectivity index (χ0) is 19.2. The number of phenols is 1. The Balaban J connectivity index is 1.62. The maximum Gasteiger partial charge on any atom is 0.115 e. The molecule has 136 valence electrons. The van der Waals surface area contributed by atoms with Gasteiger partial charge in [-0.1, -0.05) is 54.6 Å². The van der Waals surface area contributed by atoms with E-state index in [1.807, 2.05) is 66.7 Å². The molecular formula is C23H18N4O. The number of phenolic OH excluding ortho intramolecular Hbond substituents is 1. The zero-order valence-electron chi connectivity index (χ0n) is 15.1. The molecule has 0 radical (unpaired) electrons. The Bertz CT molecular complexity index is 1140. The van der Waals surface area contributed by atoms with Gasteiger partial charge in [0, 0.05) is 10.8 Å². The fourth-order valence-electron chi connectivity index (χ4n) is 2.85. The maximum atomic E-state index is 9.37. The molecule has 0 atom stereocenters. The lowest BCUT2D eigenvalue weighted by Gasteiger charge is -2.04. The summed E-state index contributed by atoms with van der Waals surface area (Å²) in [5.41, 5.74) is 3.35. The lowest BCUT2D eigenvalue weighted by molar-refractivity contribution is 0.475. The van der Waals surface area contributed by atoms with Gasteiger partial charge in [0.2, 0.25) is 0 Å². The van der Waals surface area contributed by atoms with Gasteiger partial charge in [0.05, 0.1) is 23.6 Å². The van der Waals surface area contributed by atoms with Gasteiger partial charge in [-0.25, -0.2) is 0 Å². The SMILES string of the molecule is Oc1ccc(N=Nc2ccc(N=NCc3ccccc3)c3ccccc23)cc1. The van der Waals surface area contributed by atoms with Crippen LogP contribution in [0.25, 0.3) is 10.8 Å². The lowest BCUT2D eigenvalue weighted by atomic mass is 10.1. The first-order valence-corrected chi connectivity index (χ1v) is 8.93. The van der Waals surface area contributed by atoms with E-state index in [4.69, 9.17) is 0 Å². The normalized spacial score (nSPS) is 11.6. The van der Waals surface area contributed by atoms with E-state index >= 15 is 0 Å². The Kier molecular flexibility index (Phi) is 5.15. The molecule has 5 nitrogen and oxygen atoms in total. The number of aromatic hydroxyl groups is 1. The third-order valence-electron chi connectivity index (χ3n) is 4.28. The smallest absolute Gasteiger partial charge is 0.115 e. The molecule has 5 heteroatoms. The predicted molar refractivity (Wildman–Crippen MR) is 111 cm³/mol. The summed E-state index contributed by atoms with van der Waals surface area (Å²) in [6, 6.07) is 28.4. The van der Waals surface area contributed by atoms with Crippen LogP contribution in [0.5, 0.6) is 5.75 Å². The molecule has 0 unspecified atom stereocenters. The van der Waals surface area contributed by atoms with Crippen molar-refractivity contribution in [2.75, 3.05) is 0 Å². The highest BCUT2D eigenvalue weighted by molar-refractivity contribution is 5.99. The van der Waals surface area contributed by atoms with Gasteiger partial charge in [-0.2, -0.15) is 15.3 Å². The van der Waals surface area contributed by atoms with Crippen molar-refractivity contribution in [1.29, 1.82) is 0 Å².